The molecule has 124 valence electrons. The number of benzene rings is 1. The van der Waals surface area contributed by atoms with Crippen LogP contribution in [-0.2, 0) is 14.3 Å². The number of ketones is 1. The average molecular weight is 320 g/mol. The maximum absolute atomic E-state index is 12.3. The second-order valence-corrected chi connectivity index (χ2v) is 5.02. The van der Waals surface area contributed by atoms with Gasteiger partial charge in [0.05, 0.1) is 25.7 Å². The van der Waals surface area contributed by atoms with Gasteiger partial charge in [0.25, 0.3) is 0 Å². The van der Waals surface area contributed by atoms with Gasteiger partial charge in [-0.15, -0.1) is 0 Å². The van der Waals surface area contributed by atoms with Gasteiger partial charge >= 0.3 is 5.97 Å². The Bertz CT molecular complexity index is 576. The van der Waals surface area contributed by atoms with E-state index in [0.717, 1.165) is 0 Å². The zero-order valence-electron chi connectivity index (χ0n) is 13.1. The van der Waals surface area contributed by atoms with Gasteiger partial charge in [0.2, 0.25) is 0 Å². The minimum absolute atomic E-state index is 0.0369. The predicted octanol–water partition coefficient (Wildman–Crippen LogP) is 2.16. The lowest BCUT2D eigenvalue weighted by atomic mass is 10.1. The molecular weight excluding hydrogens is 300 g/mol. The predicted molar refractivity (Wildman–Crippen MR) is 82.9 cm³/mol. The number of methoxy groups -OCH3 is 1. The van der Waals surface area contributed by atoms with E-state index in [2.05, 4.69) is 11.3 Å². The van der Waals surface area contributed by atoms with Crippen molar-refractivity contribution in [3.8, 4) is 11.5 Å². The molecule has 0 aromatic heterocycles. The standard InChI is InChI=1S/C17H20O6/c1-3-8-21-12-4-5-14(15(18)6-7-17(19)20-2)16(9-12)23-11-13-10-22-13/h3-5,9,13H,1,6-8,10-11H2,2H3. The van der Waals surface area contributed by atoms with E-state index in [1.165, 1.54) is 7.11 Å². The SMILES string of the molecule is C=CCOc1ccc(C(=O)CCC(=O)OC)c(OCC2CO2)c1. The van der Waals surface area contributed by atoms with E-state index in [0.29, 0.717) is 36.9 Å². The molecule has 1 saturated heterocycles. The zero-order chi connectivity index (χ0) is 16.7. The fraction of sp³-hybridized carbons (Fsp3) is 0.412. The highest BCUT2D eigenvalue weighted by atomic mass is 16.6. The monoisotopic (exact) mass is 320 g/mol. The Kier molecular flexibility index (Phi) is 6.17. The third kappa shape index (κ3) is 5.41. The van der Waals surface area contributed by atoms with E-state index in [9.17, 15) is 9.59 Å². The van der Waals surface area contributed by atoms with Crippen LogP contribution in [0, 0.1) is 0 Å². The number of hydrogen-bond acceptors (Lipinski definition) is 6. The molecule has 6 heteroatoms. The van der Waals surface area contributed by atoms with E-state index in [4.69, 9.17) is 14.2 Å². The van der Waals surface area contributed by atoms with Crippen molar-refractivity contribution in [2.24, 2.45) is 0 Å². The Balaban J connectivity index is 2.08. The number of hydrogen-bond donors (Lipinski definition) is 0. The molecule has 0 radical (unpaired) electrons. The van der Waals surface area contributed by atoms with Crippen molar-refractivity contribution < 1.29 is 28.5 Å². The lowest BCUT2D eigenvalue weighted by molar-refractivity contribution is -0.140. The van der Waals surface area contributed by atoms with Gasteiger partial charge in [-0.05, 0) is 12.1 Å². The molecule has 0 bridgehead atoms. The average Bonchev–Trinajstić information content (AvgIpc) is 3.40. The van der Waals surface area contributed by atoms with Crippen molar-refractivity contribution in [3.63, 3.8) is 0 Å². The molecule has 1 aromatic carbocycles. The molecule has 1 aromatic rings. The van der Waals surface area contributed by atoms with E-state index >= 15 is 0 Å². The Morgan fingerprint density at radius 1 is 1.35 bits per heavy atom. The molecule has 0 saturated carbocycles. The number of rotatable bonds is 10. The smallest absolute Gasteiger partial charge is 0.305 e. The summed E-state index contributed by atoms with van der Waals surface area (Å²) in [6.45, 7) is 4.99. The third-order valence-electron chi connectivity index (χ3n) is 3.23. The number of ether oxygens (including phenoxy) is 4. The molecule has 23 heavy (non-hydrogen) atoms. The van der Waals surface area contributed by atoms with Gasteiger partial charge in [-0.25, -0.2) is 0 Å². The van der Waals surface area contributed by atoms with E-state index in [1.807, 2.05) is 0 Å². The number of esters is 1. The normalized spacial score (nSPS) is 15.6. The Labute approximate surface area is 135 Å². The largest absolute Gasteiger partial charge is 0.490 e. The van der Waals surface area contributed by atoms with Crippen LogP contribution in [0.25, 0.3) is 0 Å². The van der Waals surface area contributed by atoms with Crippen molar-refractivity contribution >= 4 is 11.8 Å². The zero-order valence-corrected chi connectivity index (χ0v) is 13.1. The van der Waals surface area contributed by atoms with Crippen molar-refractivity contribution in [1.29, 1.82) is 0 Å². The lowest BCUT2D eigenvalue weighted by Gasteiger charge is -2.12. The number of Topliss-reactive ketones (excluding diaryl/α,β-unsaturated/α-hetero) is 1. The second-order valence-electron chi connectivity index (χ2n) is 5.02. The van der Waals surface area contributed by atoms with Crippen molar-refractivity contribution in [1.82, 2.24) is 0 Å². The summed E-state index contributed by atoms with van der Waals surface area (Å²) >= 11 is 0. The summed E-state index contributed by atoms with van der Waals surface area (Å²) < 4.78 is 20.8. The van der Waals surface area contributed by atoms with Gasteiger partial charge in [-0.1, -0.05) is 12.7 Å². The Morgan fingerprint density at radius 3 is 2.78 bits per heavy atom. The number of carbonyl (C=O) groups is 2. The molecule has 2 rings (SSSR count). The molecule has 0 amide bonds. The molecule has 0 aliphatic carbocycles. The Hall–Kier alpha value is -2.34. The van der Waals surface area contributed by atoms with Crippen LogP contribution in [0.5, 0.6) is 11.5 Å². The van der Waals surface area contributed by atoms with Crippen LogP contribution in [0.2, 0.25) is 0 Å². The molecule has 1 aliphatic heterocycles. The maximum atomic E-state index is 12.3. The highest BCUT2D eigenvalue weighted by molar-refractivity contribution is 6.00. The molecule has 1 aliphatic rings. The lowest BCUT2D eigenvalue weighted by Crippen LogP contribution is -2.11. The topological polar surface area (TPSA) is 74.4 Å². The van der Waals surface area contributed by atoms with Crippen LogP contribution in [0.4, 0.5) is 0 Å². The summed E-state index contributed by atoms with van der Waals surface area (Å²) in [5.41, 5.74) is 0.417. The van der Waals surface area contributed by atoms with Crippen LogP contribution < -0.4 is 9.47 Å². The fourth-order valence-corrected chi connectivity index (χ4v) is 1.90. The summed E-state index contributed by atoms with van der Waals surface area (Å²) in [7, 11) is 1.29. The summed E-state index contributed by atoms with van der Waals surface area (Å²) in [6.07, 6.45) is 1.81. The molecule has 0 spiro atoms. The minimum Gasteiger partial charge on any atom is -0.490 e. The molecule has 0 N–H and O–H groups in total. The molecule has 6 nitrogen and oxygen atoms in total. The van der Waals surface area contributed by atoms with Crippen LogP contribution in [0.1, 0.15) is 23.2 Å². The van der Waals surface area contributed by atoms with E-state index in [-0.39, 0.29) is 24.7 Å². The van der Waals surface area contributed by atoms with Crippen molar-refractivity contribution in [2.75, 3.05) is 26.9 Å². The summed E-state index contributed by atoms with van der Waals surface area (Å²) in [4.78, 5) is 23.5. The molecular formula is C17H20O6. The van der Waals surface area contributed by atoms with Crippen LogP contribution in [0.3, 0.4) is 0 Å². The molecule has 1 atom stereocenters. The highest BCUT2D eigenvalue weighted by Gasteiger charge is 2.24. The van der Waals surface area contributed by atoms with Gasteiger partial charge in [0.1, 0.15) is 30.8 Å². The van der Waals surface area contributed by atoms with Crippen molar-refractivity contribution in [2.45, 2.75) is 18.9 Å². The summed E-state index contributed by atoms with van der Waals surface area (Å²) in [5.74, 6) is 0.411. The maximum Gasteiger partial charge on any atom is 0.305 e. The molecule has 1 fully saturated rings. The van der Waals surface area contributed by atoms with Gasteiger partial charge in [-0.3, -0.25) is 9.59 Å². The highest BCUT2D eigenvalue weighted by Crippen LogP contribution is 2.27. The number of carbonyl (C=O) groups excluding carboxylic acids is 2. The van der Waals surface area contributed by atoms with Crippen molar-refractivity contribution in [3.05, 3.63) is 36.4 Å². The second kappa shape index (κ2) is 8.33. The van der Waals surface area contributed by atoms with Crippen LogP contribution in [0.15, 0.2) is 30.9 Å². The van der Waals surface area contributed by atoms with Gasteiger partial charge < -0.3 is 18.9 Å². The van der Waals surface area contributed by atoms with Gasteiger partial charge in [0, 0.05) is 12.5 Å². The van der Waals surface area contributed by atoms with E-state index in [1.54, 1.807) is 24.3 Å². The van der Waals surface area contributed by atoms with E-state index < -0.39 is 5.97 Å². The number of epoxide rings is 1. The van der Waals surface area contributed by atoms with Gasteiger partial charge in [-0.2, -0.15) is 0 Å². The first kappa shape index (κ1) is 17.0. The first-order valence-electron chi connectivity index (χ1n) is 7.36. The first-order chi connectivity index (χ1) is 11.1. The van der Waals surface area contributed by atoms with Crippen LogP contribution in [-0.4, -0.2) is 44.8 Å². The van der Waals surface area contributed by atoms with Gasteiger partial charge in [0.15, 0.2) is 5.78 Å². The van der Waals surface area contributed by atoms with Crippen LogP contribution >= 0.6 is 0 Å². The first-order valence-corrected chi connectivity index (χ1v) is 7.36. The third-order valence-corrected chi connectivity index (χ3v) is 3.23. The molecule has 1 heterocycles. The Morgan fingerprint density at radius 2 is 2.13 bits per heavy atom. The molecule has 1 unspecified atom stereocenters. The summed E-state index contributed by atoms with van der Waals surface area (Å²) in [6, 6.07) is 4.99. The quantitative estimate of drug-likeness (QED) is 0.285. The minimum atomic E-state index is -0.418. The fourth-order valence-electron chi connectivity index (χ4n) is 1.90. The summed E-state index contributed by atoms with van der Waals surface area (Å²) in [5, 5.41) is 0.